The lowest BCUT2D eigenvalue weighted by Crippen LogP contribution is -2.51. The zero-order valence-electron chi connectivity index (χ0n) is 22.3. The maximum absolute atomic E-state index is 13.0. The van der Waals surface area contributed by atoms with Crippen molar-refractivity contribution in [2.24, 2.45) is 11.7 Å². The molecule has 37 heavy (non-hydrogen) atoms. The zero-order chi connectivity index (χ0) is 27.4. The van der Waals surface area contributed by atoms with Gasteiger partial charge >= 0.3 is 0 Å². The van der Waals surface area contributed by atoms with Crippen LogP contribution in [-0.2, 0) is 25.7 Å². The van der Waals surface area contributed by atoms with Crippen LogP contribution in [0.5, 0.6) is 0 Å². The van der Waals surface area contributed by atoms with E-state index in [1.807, 2.05) is 13.8 Å². The first-order valence-electron chi connectivity index (χ1n) is 13.1. The van der Waals surface area contributed by atoms with Crippen LogP contribution in [0.2, 0.25) is 0 Å². The summed E-state index contributed by atoms with van der Waals surface area (Å²) in [5.74, 6) is -0.464. The van der Waals surface area contributed by atoms with Gasteiger partial charge in [-0.1, -0.05) is 26.2 Å². The third-order valence-corrected chi connectivity index (χ3v) is 8.01. The average molecular weight is 554 g/mol. The Kier molecular flexibility index (Phi) is 13.4. The molecule has 0 spiro atoms. The van der Waals surface area contributed by atoms with E-state index in [-0.39, 0.29) is 42.1 Å². The number of nitrogens with one attached hydrogen (secondary N) is 3. The minimum absolute atomic E-state index is 0.00663. The molecule has 2 aliphatic rings. The minimum Gasteiger partial charge on any atom is -0.384 e. The lowest BCUT2D eigenvalue weighted by atomic mass is 9.98. The molecule has 3 atom stereocenters. The molecule has 2 heterocycles. The van der Waals surface area contributed by atoms with Crippen LogP contribution in [-0.4, -0.2) is 66.1 Å². The molecule has 3 amide bonds. The van der Waals surface area contributed by atoms with Crippen molar-refractivity contribution >= 4 is 47.5 Å². The van der Waals surface area contributed by atoms with Gasteiger partial charge in [-0.05, 0) is 50.8 Å². The number of likely N-dealkylation sites (tertiary alicyclic amines) is 1. The minimum atomic E-state index is -0.569. The van der Waals surface area contributed by atoms with Crippen molar-refractivity contribution in [3.8, 4) is 0 Å². The van der Waals surface area contributed by atoms with E-state index in [0.717, 1.165) is 17.7 Å². The smallest absolute Gasteiger partial charge is 0.243 e. The van der Waals surface area contributed by atoms with E-state index < -0.39 is 6.04 Å². The topological polar surface area (TPSA) is 138 Å². The van der Waals surface area contributed by atoms with Crippen molar-refractivity contribution in [2.75, 3.05) is 19.4 Å². The number of thiophene rings is 1. The van der Waals surface area contributed by atoms with Crippen molar-refractivity contribution in [2.45, 2.75) is 89.9 Å². The summed E-state index contributed by atoms with van der Waals surface area (Å²) in [5, 5.41) is 14.9. The number of rotatable bonds is 11. The maximum atomic E-state index is 13.0. The number of amides is 3. The molecule has 1 aliphatic heterocycles. The summed E-state index contributed by atoms with van der Waals surface area (Å²) >= 11 is 4.95. The van der Waals surface area contributed by atoms with E-state index in [0.29, 0.717) is 44.1 Å². The molecule has 1 aromatic rings. The molecule has 0 bridgehead atoms. The number of ether oxygens (including phenoxy) is 1. The second-order valence-electron chi connectivity index (χ2n) is 9.71. The van der Waals surface area contributed by atoms with Crippen LogP contribution < -0.4 is 16.4 Å². The van der Waals surface area contributed by atoms with Gasteiger partial charge in [0.25, 0.3) is 0 Å². The molecule has 1 saturated carbocycles. The summed E-state index contributed by atoms with van der Waals surface area (Å²) in [6.45, 7) is 4.74. The van der Waals surface area contributed by atoms with E-state index in [2.05, 4.69) is 23.3 Å². The Morgan fingerprint density at radius 2 is 1.89 bits per heavy atom. The molecule has 208 valence electrons. The Balaban J connectivity index is 0.00000235. The maximum Gasteiger partial charge on any atom is 0.243 e. The highest BCUT2D eigenvalue weighted by Gasteiger charge is 2.42. The lowest BCUT2D eigenvalue weighted by Gasteiger charge is -2.28. The van der Waals surface area contributed by atoms with E-state index >= 15 is 0 Å². The Hall–Kier alpha value is -2.11. The van der Waals surface area contributed by atoms with Crippen molar-refractivity contribution in [3.63, 3.8) is 0 Å². The van der Waals surface area contributed by atoms with Gasteiger partial charge in [0.1, 0.15) is 11.9 Å². The first-order chi connectivity index (χ1) is 17.8. The van der Waals surface area contributed by atoms with Gasteiger partial charge in [0, 0.05) is 34.9 Å². The Labute approximate surface area is 230 Å². The highest BCUT2D eigenvalue weighted by molar-refractivity contribution is 7.79. The number of carbonyl (C=O) groups is 3. The quantitative estimate of drug-likeness (QED) is 0.124. The van der Waals surface area contributed by atoms with E-state index in [1.165, 1.54) is 30.6 Å². The van der Waals surface area contributed by atoms with Gasteiger partial charge in [0.15, 0.2) is 0 Å². The number of nitrogen functional groups attached to an aromatic ring is 1. The number of nitrogens with two attached hydrogens (primary N) is 1. The third-order valence-electron chi connectivity index (χ3n) is 7.08. The normalized spacial score (nSPS) is 21.6. The largest absolute Gasteiger partial charge is 0.384 e. The number of carbonyl (C=O) groups excluding carboxylic acids is 3. The second kappa shape index (κ2) is 16.0. The van der Waals surface area contributed by atoms with Crippen molar-refractivity contribution in [1.82, 2.24) is 15.5 Å². The molecule has 1 aliphatic carbocycles. The van der Waals surface area contributed by atoms with E-state index in [1.54, 1.807) is 22.6 Å². The average Bonchev–Trinajstić information content (AvgIpc) is 3.50. The lowest BCUT2D eigenvalue weighted by molar-refractivity contribution is -0.140. The Morgan fingerprint density at radius 1 is 1.19 bits per heavy atom. The molecule has 9 nitrogen and oxygen atoms in total. The van der Waals surface area contributed by atoms with Gasteiger partial charge in [-0.2, -0.15) is 12.6 Å². The summed E-state index contributed by atoms with van der Waals surface area (Å²) in [6.07, 6.45) is 9.47. The SMILES string of the molecule is CC1[C@@H](C)CC(C(=O)NCc2cc(C(=N)N)cs2)N1C(=O)CNC(=O)CCCOC1CCCCC1.CS. The van der Waals surface area contributed by atoms with Gasteiger partial charge < -0.3 is 26.0 Å². The van der Waals surface area contributed by atoms with Crippen LogP contribution in [0.3, 0.4) is 0 Å². The van der Waals surface area contributed by atoms with E-state index in [9.17, 15) is 14.4 Å². The van der Waals surface area contributed by atoms with Gasteiger partial charge in [0.2, 0.25) is 17.7 Å². The van der Waals surface area contributed by atoms with Gasteiger partial charge in [0.05, 0.1) is 19.2 Å². The molecular formula is C26H43N5O4S2. The van der Waals surface area contributed by atoms with Crippen LogP contribution in [0, 0.1) is 11.3 Å². The van der Waals surface area contributed by atoms with Crippen molar-refractivity contribution < 1.29 is 19.1 Å². The predicted molar refractivity (Wildman–Crippen MR) is 151 cm³/mol. The molecule has 3 rings (SSSR count). The fraction of sp³-hybridized carbons (Fsp3) is 0.692. The van der Waals surface area contributed by atoms with Crippen LogP contribution in [0.15, 0.2) is 11.4 Å². The Bertz CT molecular complexity index is 903. The number of hydrogen-bond acceptors (Lipinski definition) is 7. The van der Waals surface area contributed by atoms with Gasteiger partial charge in [-0.3, -0.25) is 19.8 Å². The monoisotopic (exact) mass is 553 g/mol. The second-order valence-corrected chi connectivity index (χ2v) is 10.7. The van der Waals surface area contributed by atoms with Crippen LogP contribution in [0.25, 0.3) is 0 Å². The summed E-state index contributed by atoms with van der Waals surface area (Å²) in [7, 11) is 0. The molecule has 2 fully saturated rings. The summed E-state index contributed by atoms with van der Waals surface area (Å²) in [5.41, 5.74) is 6.14. The highest BCUT2D eigenvalue weighted by Crippen LogP contribution is 2.30. The fourth-order valence-electron chi connectivity index (χ4n) is 4.83. The van der Waals surface area contributed by atoms with E-state index in [4.69, 9.17) is 15.9 Å². The molecule has 0 radical (unpaired) electrons. The number of hydrogen-bond donors (Lipinski definition) is 5. The summed E-state index contributed by atoms with van der Waals surface area (Å²) in [4.78, 5) is 40.7. The van der Waals surface area contributed by atoms with Gasteiger partial charge in [-0.15, -0.1) is 11.3 Å². The number of nitrogens with zero attached hydrogens (tertiary/aromatic N) is 1. The first-order valence-corrected chi connectivity index (χ1v) is 14.9. The summed E-state index contributed by atoms with van der Waals surface area (Å²) < 4.78 is 5.86. The molecular weight excluding hydrogens is 510 g/mol. The fourth-order valence-corrected chi connectivity index (χ4v) is 5.65. The standard InChI is InChI=1S/C25H39N5O4S.CH4S/c1-16-11-21(25(33)29-13-20-12-18(15-35-20)24(26)27)30(17(16)2)23(32)14-28-22(31)9-6-10-34-19-7-4-3-5-8-19;1-2/h12,15-17,19,21H,3-11,13-14H2,1-2H3,(H3,26,27)(H,28,31)(H,29,33);2H,1H3/t16-,17?,21?;/m0./s1. The third kappa shape index (κ3) is 9.61. The molecule has 0 aromatic carbocycles. The zero-order valence-corrected chi connectivity index (χ0v) is 24.0. The number of amidine groups is 1. The number of thiol groups is 1. The molecule has 5 N–H and O–H groups in total. The molecule has 2 unspecified atom stereocenters. The molecule has 1 saturated heterocycles. The summed E-state index contributed by atoms with van der Waals surface area (Å²) in [6, 6.07) is 1.12. The van der Waals surface area contributed by atoms with Crippen molar-refractivity contribution in [1.29, 1.82) is 5.41 Å². The van der Waals surface area contributed by atoms with Crippen LogP contribution in [0.4, 0.5) is 0 Å². The highest BCUT2D eigenvalue weighted by atomic mass is 32.1. The molecule has 1 aromatic heterocycles. The van der Waals surface area contributed by atoms with Crippen molar-refractivity contribution in [3.05, 3.63) is 21.9 Å². The molecule has 11 heteroatoms. The van der Waals surface area contributed by atoms with Crippen LogP contribution in [0.1, 0.15) is 75.7 Å². The van der Waals surface area contributed by atoms with Gasteiger partial charge in [-0.25, -0.2) is 0 Å². The first kappa shape index (κ1) is 31.1. The predicted octanol–water partition coefficient (Wildman–Crippen LogP) is 3.07. The van der Waals surface area contributed by atoms with Crippen LogP contribution >= 0.6 is 24.0 Å². The Morgan fingerprint density at radius 3 is 2.54 bits per heavy atom.